The number of quaternary nitrogens is 1. The molecule has 2 heteroatoms. The van der Waals surface area contributed by atoms with Crippen molar-refractivity contribution in [1.29, 1.82) is 0 Å². The monoisotopic (exact) mass is 193 g/mol. The summed E-state index contributed by atoms with van der Waals surface area (Å²) in [5.41, 5.74) is 0. The maximum Gasteiger partial charge on any atom is 0.0942 e. The quantitative estimate of drug-likeness (QED) is 0.651. The van der Waals surface area contributed by atoms with Crippen molar-refractivity contribution in [3.05, 3.63) is 24.6 Å². The minimum absolute atomic E-state index is 1.25. The molecule has 0 aliphatic carbocycles. The van der Waals surface area contributed by atoms with Crippen molar-refractivity contribution in [2.24, 2.45) is 0 Å². The highest BCUT2D eigenvalue weighted by Crippen LogP contribution is 2.06. The molecule has 0 unspecified atom stereocenters. The van der Waals surface area contributed by atoms with E-state index in [1.165, 1.54) is 51.9 Å². The first-order valence-electron chi connectivity index (χ1n) is 5.89. The van der Waals surface area contributed by atoms with Gasteiger partial charge in [0.1, 0.15) is 0 Å². The zero-order valence-corrected chi connectivity index (χ0v) is 8.91. The number of likely N-dealkylation sites (tertiary alicyclic amines) is 2. The van der Waals surface area contributed by atoms with E-state index in [0.717, 1.165) is 0 Å². The third kappa shape index (κ3) is 2.88. The Bertz CT molecular complexity index is 184. The SMILES string of the molecule is C(/C=C/[NH+]1CCCC1)=C\N1CCCC1. The second-order valence-electron chi connectivity index (χ2n) is 4.31. The Hall–Kier alpha value is -0.760. The number of rotatable bonds is 3. The van der Waals surface area contributed by atoms with Crippen LogP contribution in [0, 0.1) is 0 Å². The summed E-state index contributed by atoms with van der Waals surface area (Å²) in [5.74, 6) is 0. The molecule has 0 bridgehead atoms. The molecule has 2 heterocycles. The smallest absolute Gasteiger partial charge is 0.0942 e. The molecule has 0 aromatic carbocycles. The summed E-state index contributed by atoms with van der Waals surface area (Å²) in [4.78, 5) is 4.04. The van der Waals surface area contributed by atoms with Crippen LogP contribution in [-0.4, -0.2) is 31.1 Å². The predicted octanol–water partition coefficient (Wildman–Crippen LogP) is 0.788. The lowest BCUT2D eigenvalue weighted by Crippen LogP contribution is -3.05. The highest BCUT2D eigenvalue weighted by Gasteiger charge is 2.11. The van der Waals surface area contributed by atoms with Gasteiger partial charge < -0.3 is 9.80 Å². The third-order valence-corrected chi connectivity index (χ3v) is 3.13. The molecule has 0 atom stereocenters. The van der Waals surface area contributed by atoms with Gasteiger partial charge in [-0.3, -0.25) is 0 Å². The average Bonchev–Trinajstić information content (AvgIpc) is 2.86. The molecule has 2 fully saturated rings. The first-order chi connectivity index (χ1) is 6.95. The van der Waals surface area contributed by atoms with Crippen LogP contribution in [0.1, 0.15) is 25.7 Å². The van der Waals surface area contributed by atoms with Gasteiger partial charge in [0.25, 0.3) is 0 Å². The molecule has 0 aromatic rings. The van der Waals surface area contributed by atoms with Crippen molar-refractivity contribution in [2.75, 3.05) is 26.2 Å². The minimum atomic E-state index is 1.25. The van der Waals surface area contributed by atoms with E-state index in [2.05, 4.69) is 29.5 Å². The van der Waals surface area contributed by atoms with E-state index >= 15 is 0 Å². The van der Waals surface area contributed by atoms with Crippen LogP contribution in [0.15, 0.2) is 24.6 Å². The molecule has 2 saturated heterocycles. The Balaban J connectivity index is 1.69. The summed E-state index contributed by atoms with van der Waals surface area (Å²) in [7, 11) is 0. The summed E-state index contributed by atoms with van der Waals surface area (Å²) in [6.45, 7) is 5.16. The first-order valence-corrected chi connectivity index (χ1v) is 5.89. The molecular weight excluding hydrogens is 172 g/mol. The van der Waals surface area contributed by atoms with E-state index in [0.29, 0.717) is 0 Å². The topological polar surface area (TPSA) is 7.68 Å². The second kappa shape index (κ2) is 5.20. The Morgan fingerprint density at radius 2 is 1.57 bits per heavy atom. The standard InChI is InChI=1S/C12H20N2/c1-2-8-13(7-1)11-5-6-12-14-9-3-4-10-14/h5-6,11-12H,1-4,7-10H2/p+1/b11-5+,12-6+. The van der Waals surface area contributed by atoms with E-state index in [9.17, 15) is 0 Å². The number of hydrogen-bond acceptors (Lipinski definition) is 1. The van der Waals surface area contributed by atoms with E-state index in [4.69, 9.17) is 0 Å². The van der Waals surface area contributed by atoms with Crippen LogP contribution < -0.4 is 4.90 Å². The highest BCUT2D eigenvalue weighted by atomic mass is 15.1. The van der Waals surface area contributed by atoms with Crippen molar-refractivity contribution in [3.8, 4) is 0 Å². The second-order valence-corrected chi connectivity index (χ2v) is 4.31. The van der Waals surface area contributed by atoms with Gasteiger partial charge in [-0.05, 0) is 31.2 Å². The van der Waals surface area contributed by atoms with Crippen LogP contribution in [0.5, 0.6) is 0 Å². The molecule has 2 rings (SSSR count). The molecule has 0 radical (unpaired) electrons. The van der Waals surface area contributed by atoms with Crippen molar-refractivity contribution < 1.29 is 4.90 Å². The molecule has 0 saturated carbocycles. The van der Waals surface area contributed by atoms with Gasteiger partial charge in [0.05, 0.1) is 19.3 Å². The molecular formula is C12H21N2+. The fraction of sp³-hybridized carbons (Fsp3) is 0.667. The van der Waals surface area contributed by atoms with Crippen molar-refractivity contribution in [1.82, 2.24) is 4.90 Å². The lowest BCUT2D eigenvalue weighted by molar-refractivity contribution is -0.832. The molecule has 2 nitrogen and oxygen atoms in total. The van der Waals surface area contributed by atoms with Gasteiger partial charge in [-0.2, -0.15) is 0 Å². The first kappa shape index (κ1) is 9.78. The highest BCUT2D eigenvalue weighted by molar-refractivity contribution is 4.99. The summed E-state index contributed by atoms with van der Waals surface area (Å²) < 4.78 is 0. The van der Waals surface area contributed by atoms with E-state index in [1.807, 2.05) is 0 Å². The normalized spacial score (nSPS) is 24.7. The molecule has 2 aliphatic rings. The average molecular weight is 193 g/mol. The lowest BCUT2D eigenvalue weighted by Gasteiger charge is -2.09. The van der Waals surface area contributed by atoms with Gasteiger partial charge >= 0.3 is 0 Å². The van der Waals surface area contributed by atoms with E-state index in [1.54, 1.807) is 4.90 Å². The van der Waals surface area contributed by atoms with Crippen LogP contribution in [0.3, 0.4) is 0 Å². The zero-order chi connectivity index (χ0) is 9.64. The summed E-state index contributed by atoms with van der Waals surface area (Å²) in [5, 5.41) is 0. The lowest BCUT2D eigenvalue weighted by atomic mass is 10.4. The Morgan fingerprint density at radius 3 is 2.29 bits per heavy atom. The summed E-state index contributed by atoms with van der Waals surface area (Å²) in [6, 6.07) is 0. The number of hydrogen-bond donors (Lipinski definition) is 1. The Labute approximate surface area is 86.9 Å². The van der Waals surface area contributed by atoms with Gasteiger partial charge in [0, 0.05) is 25.9 Å². The van der Waals surface area contributed by atoms with Crippen LogP contribution in [0.4, 0.5) is 0 Å². The van der Waals surface area contributed by atoms with Crippen LogP contribution >= 0.6 is 0 Å². The molecule has 1 N–H and O–H groups in total. The number of allylic oxidation sites excluding steroid dienone is 2. The molecule has 2 aliphatic heterocycles. The van der Waals surface area contributed by atoms with Crippen molar-refractivity contribution >= 4 is 0 Å². The van der Waals surface area contributed by atoms with E-state index < -0.39 is 0 Å². The third-order valence-electron chi connectivity index (χ3n) is 3.13. The predicted molar refractivity (Wildman–Crippen MR) is 59.0 cm³/mol. The number of nitrogens with zero attached hydrogens (tertiary/aromatic N) is 1. The Kier molecular flexibility index (Phi) is 3.64. The molecule has 14 heavy (non-hydrogen) atoms. The van der Waals surface area contributed by atoms with Crippen LogP contribution in [0.25, 0.3) is 0 Å². The molecule has 0 amide bonds. The van der Waals surface area contributed by atoms with E-state index in [-0.39, 0.29) is 0 Å². The fourth-order valence-corrected chi connectivity index (χ4v) is 2.25. The van der Waals surface area contributed by atoms with Crippen molar-refractivity contribution in [3.63, 3.8) is 0 Å². The molecule has 0 aromatic heterocycles. The Morgan fingerprint density at radius 1 is 0.857 bits per heavy atom. The minimum Gasteiger partial charge on any atom is -0.377 e. The maximum atomic E-state index is 2.41. The summed E-state index contributed by atoms with van der Waals surface area (Å²) in [6.07, 6.45) is 14.5. The van der Waals surface area contributed by atoms with Gasteiger partial charge in [-0.25, -0.2) is 0 Å². The molecule has 0 spiro atoms. The van der Waals surface area contributed by atoms with Crippen molar-refractivity contribution in [2.45, 2.75) is 25.7 Å². The maximum absolute atomic E-state index is 2.41. The molecule has 78 valence electrons. The fourth-order valence-electron chi connectivity index (χ4n) is 2.25. The largest absolute Gasteiger partial charge is 0.377 e. The zero-order valence-electron chi connectivity index (χ0n) is 8.91. The summed E-state index contributed by atoms with van der Waals surface area (Å²) >= 11 is 0. The van der Waals surface area contributed by atoms with Gasteiger partial charge in [-0.1, -0.05) is 0 Å². The van der Waals surface area contributed by atoms with Crippen LogP contribution in [0.2, 0.25) is 0 Å². The van der Waals surface area contributed by atoms with Gasteiger partial charge in [-0.15, -0.1) is 0 Å². The van der Waals surface area contributed by atoms with Gasteiger partial charge in [0.2, 0.25) is 0 Å². The van der Waals surface area contributed by atoms with Gasteiger partial charge in [0.15, 0.2) is 0 Å². The number of nitrogens with one attached hydrogen (secondary N) is 1. The van der Waals surface area contributed by atoms with Crippen LogP contribution in [-0.2, 0) is 0 Å².